The first-order chi connectivity index (χ1) is 7.58. The van der Waals surface area contributed by atoms with Crippen molar-refractivity contribution in [1.29, 1.82) is 0 Å². The van der Waals surface area contributed by atoms with E-state index in [0.717, 1.165) is 17.1 Å². The molecule has 0 N–H and O–H groups in total. The lowest BCUT2D eigenvalue weighted by molar-refractivity contribution is 1.45. The second-order valence-corrected chi connectivity index (χ2v) is 9.04. The highest BCUT2D eigenvalue weighted by molar-refractivity contribution is 14.1. The topological polar surface area (TPSA) is 25.8 Å². The van der Waals surface area contributed by atoms with Gasteiger partial charge in [-0.2, -0.15) is 0 Å². The molecular formula is C8H4B2I2N2S2. The van der Waals surface area contributed by atoms with Crippen molar-refractivity contribution in [3.05, 3.63) is 6.03 Å². The second-order valence-electron chi connectivity index (χ2n) is 3.54. The van der Waals surface area contributed by atoms with Gasteiger partial charge in [-0.3, -0.25) is 0 Å². The standard InChI is InChI=1S/C8H4B2I2N2S2/c9-1-3-6(16-7(11)13-3)2(10)4-5(1)15-8(12)14-4/h9-10H2. The van der Waals surface area contributed by atoms with Gasteiger partial charge in [-0.25, -0.2) is 9.97 Å². The van der Waals surface area contributed by atoms with E-state index in [-0.39, 0.29) is 0 Å². The molecule has 16 heavy (non-hydrogen) atoms. The molecule has 3 rings (SSSR count). The van der Waals surface area contributed by atoms with E-state index >= 15 is 0 Å². The molecule has 0 saturated heterocycles. The molecule has 0 saturated carbocycles. The fraction of sp³-hybridized carbons (Fsp3) is 0. The van der Waals surface area contributed by atoms with Gasteiger partial charge in [0, 0.05) is 0 Å². The number of nitrogens with zero attached hydrogens (tertiary/aromatic N) is 2. The molecule has 0 unspecified atom stereocenters. The van der Waals surface area contributed by atoms with E-state index in [0.29, 0.717) is 0 Å². The summed E-state index contributed by atoms with van der Waals surface area (Å²) in [7, 11) is 4.29. The van der Waals surface area contributed by atoms with E-state index in [4.69, 9.17) is 0 Å². The summed E-state index contributed by atoms with van der Waals surface area (Å²) in [6.07, 6.45) is 0. The Hall–Kier alpha value is 0.590. The number of hydrogen-bond donors (Lipinski definition) is 0. The van der Waals surface area contributed by atoms with Gasteiger partial charge in [-0.05, 0) is 56.1 Å². The molecule has 0 fully saturated rings. The number of hydrogen-bond acceptors (Lipinski definition) is 4. The molecule has 8 heteroatoms. The fourth-order valence-corrected chi connectivity index (χ4v) is 5.32. The lowest BCUT2D eigenvalue weighted by atomic mass is 9.87. The summed E-state index contributed by atoms with van der Waals surface area (Å²) in [6.45, 7) is 0. The van der Waals surface area contributed by atoms with Crippen molar-refractivity contribution in [1.82, 2.24) is 9.97 Å². The van der Waals surface area contributed by atoms with Crippen LogP contribution >= 0.6 is 67.9 Å². The molecule has 0 bridgehead atoms. The predicted octanol–water partition coefficient (Wildman–Crippen LogP) is 0.632. The Morgan fingerprint density at radius 1 is 0.812 bits per heavy atom. The van der Waals surface area contributed by atoms with Crippen molar-refractivity contribution in [3.63, 3.8) is 0 Å². The molecule has 0 amide bonds. The van der Waals surface area contributed by atoms with E-state index < -0.39 is 0 Å². The highest BCUT2D eigenvalue weighted by Crippen LogP contribution is 2.27. The largest absolute Gasteiger partial charge is 0.231 e. The first-order valence-electron chi connectivity index (χ1n) is 4.59. The van der Waals surface area contributed by atoms with E-state index in [1.54, 1.807) is 22.7 Å². The molecule has 1 aromatic carbocycles. The zero-order valence-corrected chi connectivity index (χ0v) is 14.4. The summed E-state index contributed by atoms with van der Waals surface area (Å²) in [5.41, 5.74) is 4.85. The Kier molecular flexibility index (Phi) is 2.96. The van der Waals surface area contributed by atoms with Crippen molar-refractivity contribution < 1.29 is 0 Å². The SMILES string of the molecule is Bc1c2nc(I)sc2c(B)c2nc(I)sc12. The van der Waals surface area contributed by atoms with Crippen LogP contribution in [0.2, 0.25) is 0 Å². The lowest BCUT2D eigenvalue weighted by Gasteiger charge is -2.00. The highest BCUT2D eigenvalue weighted by Gasteiger charge is 2.15. The maximum Gasteiger partial charge on any atom is 0.155 e. The average molecular weight is 468 g/mol. The van der Waals surface area contributed by atoms with Gasteiger partial charge >= 0.3 is 0 Å². The van der Waals surface area contributed by atoms with Crippen molar-refractivity contribution in [3.8, 4) is 0 Å². The van der Waals surface area contributed by atoms with Crippen molar-refractivity contribution in [2.24, 2.45) is 0 Å². The summed E-state index contributed by atoms with van der Waals surface area (Å²) >= 11 is 8.08. The van der Waals surface area contributed by atoms with Gasteiger partial charge in [-0.15, -0.1) is 22.7 Å². The van der Waals surface area contributed by atoms with Crippen LogP contribution in [0.3, 0.4) is 0 Å². The molecule has 0 radical (unpaired) electrons. The smallest absolute Gasteiger partial charge is 0.155 e. The Morgan fingerprint density at radius 3 is 1.56 bits per heavy atom. The van der Waals surface area contributed by atoms with Crippen LogP contribution in [-0.4, -0.2) is 25.7 Å². The quantitative estimate of drug-likeness (QED) is 0.358. The minimum Gasteiger partial charge on any atom is -0.231 e. The second kappa shape index (κ2) is 4.06. The van der Waals surface area contributed by atoms with Crippen LogP contribution in [0.15, 0.2) is 0 Å². The normalized spacial score (nSPS) is 11.6. The van der Waals surface area contributed by atoms with Gasteiger partial charge in [0.1, 0.15) is 15.7 Å². The van der Waals surface area contributed by atoms with E-state index in [1.165, 1.54) is 20.3 Å². The third-order valence-electron chi connectivity index (χ3n) is 2.59. The summed E-state index contributed by atoms with van der Waals surface area (Å²) in [6, 6.07) is 0. The van der Waals surface area contributed by atoms with Gasteiger partial charge < -0.3 is 0 Å². The van der Waals surface area contributed by atoms with Gasteiger partial charge in [0.2, 0.25) is 0 Å². The number of benzene rings is 1. The minimum atomic E-state index is 1.10. The Bertz CT molecular complexity index is 607. The van der Waals surface area contributed by atoms with Gasteiger partial charge in [0.25, 0.3) is 0 Å². The van der Waals surface area contributed by atoms with E-state index in [9.17, 15) is 0 Å². The summed E-state index contributed by atoms with van der Waals surface area (Å²) in [4.78, 5) is 9.23. The molecular weight excluding hydrogens is 464 g/mol. The van der Waals surface area contributed by atoms with Crippen LogP contribution in [0.1, 0.15) is 0 Å². The number of rotatable bonds is 0. The summed E-state index contributed by atoms with van der Waals surface area (Å²) < 4.78 is 4.78. The monoisotopic (exact) mass is 468 g/mol. The molecule has 0 atom stereocenters. The van der Waals surface area contributed by atoms with Crippen molar-refractivity contribution in [2.45, 2.75) is 0 Å². The maximum atomic E-state index is 4.61. The maximum absolute atomic E-state index is 4.61. The summed E-state index contributed by atoms with van der Waals surface area (Å²) in [5, 5.41) is 0. The average Bonchev–Trinajstić information content (AvgIpc) is 2.78. The molecule has 0 aliphatic heterocycles. The molecule has 2 heterocycles. The first-order valence-corrected chi connectivity index (χ1v) is 8.38. The molecule has 0 aliphatic carbocycles. The molecule has 3 aromatic rings. The van der Waals surface area contributed by atoms with Crippen LogP contribution < -0.4 is 10.9 Å². The first kappa shape index (κ1) is 11.7. The molecule has 0 aliphatic rings. The van der Waals surface area contributed by atoms with Crippen molar-refractivity contribution >= 4 is 115 Å². The number of thiazole rings is 2. The van der Waals surface area contributed by atoms with Crippen molar-refractivity contribution in [2.75, 3.05) is 0 Å². The Labute approximate surface area is 129 Å². The van der Waals surface area contributed by atoms with E-state index in [1.807, 2.05) is 0 Å². The molecule has 2 aromatic heterocycles. The fourth-order valence-electron chi connectivity index (χ4n) is 1.82. The third-order valence-corrected chi connectivity index (χ3v) is 6.32. The van der Waals surface area contributed by atoms with Crippen LogP contribution in [0.5, 0.6) is 0 Å². The zero-order chi connectivity index (χ0) is 11.4. The van der Waals surface area contributed by atoms with Gasteiger partial charge in [-0.1, -0.05) is 0 Å². The molecule has 2 nitrogen and oxygen atoms in total. The lowest BCUT2D eigenvalue weighted by Crippen LogP contribution is -2.14. The van der Waals surface area contributed by atoms with Gasteiger partial charge in [0.15, 0.2) is 6.03 Å². The number of halogens is 2. The molecule has 78 valence electrons. The molecule has 0 spiro atoms. The Balaban J connectivity index is 2.63. The summed E-state index contributed by atoms with van der Waals surface area (Å²) in [5.74, 6) is 0. The zero-order valence-electron chi connectivity index (χ0n) is 8.47. The van der Waals surface area contributed by atoms with Crippen LogP contribution in [0, 0.1) is 6.03 Å². The predicted molar refractivity (Wildman–Crippen MR) is 94.6 cm³/mol. The third kappa shape index (κ3) is 1.64. The van der Waals surface area contributed by atoms with Gasteiger partial charge in [0.05, 0.1) is 20.4 Å². The number of fused-ring (bicyclic) bond motifs is 2. The minimum absolute atomic E-state index is 1.10. The van der Waals surface area contributed by atoms with E-state index in [2.05, 4.69) is 70.8 Å². The number of aromatic nitrogens is 2. The Morgan fingerprint density at radius 2 is 1.19 bits per heavy atom. The van der Waals surface area contributed by atoms with Crippen LogP contribution in [0.25, 0.3) is 20.4 Å². The highest BCUT2D eigenvalue weighted by atomic mass is 127. The van der Waals surface area contributed by atoms with Crippen LogP contribution in [0.4, 0.5) is 0 Å². The van der Waals surface area contributed by atoms with Crippen LogP contribution in [-0.2, 0) is 0 Å².